The standard InChI is InChI=1S/C14H18N4O/c1-10-13(7-8-19-10)16-12-5-3-11(4-6-12)14-17-15-9-18(14)2/h3-6,9-10,13,16H,7-8H2,1-2H3. The Morgan fingerprint density at radius 2 is 2.11 bits per heavy atom. The lowest BCUT2D eigenvalue weighted by atomic mass is 10.1. The molecule has 5 heteroatoms. The first-order chi connectivity index (χ1) is 9.24. The molecule has 0 spiro atoms. The molecule has 2 unspecified atom stereocenters. The highest BCUT2D eigenvalue weighted by Gasteiger charge is 2.23. The Hall–Kier alpha value is -1.88. The first-order valence-corrected chi connectivity index (χ1v) is 6.56. The monoisotopic (exact) mass is 258 g/mol. The van der Waals surface area contributed by atoms with Gasteiger partial charge in [0.2, 0.25) is 0 Å². The van der Waals surface area contributed by atoms with Crippen LogP contribution in [-0.2, 0) is 11.8 Å². The second-order valence-corrected chi connectivity index (χ2v) is 4.96. The Kier molecular flexibility index (Phi) is 3.21. The van der Waals surface area contributed by atoms with Gasteiger partial charge in [0, 0.05) is 24.9 Å². The number of hydrogen-bond donors (Lipinski definition) is 1. The van der Waals surface area contributed by atoms with Crippen molar-refractivity contribution in [1.29, 1.82) is 0 Å². The predicted molar refractivity (Wildman–Crippen MR) is 73.9 cm³/mol. The largest absolute Gasteiger partial charge is 0.380 e. The van der Waals surface area contributed by atoms with Crippen LogP contribution in [0, 0.1) is 0 Å². The van der Waals surface area contributed by atoms with E-state index in [-0.39, 0.29) is 6.10 Å². The minimum Gasteiger partial charge on any atom is -0.380 e. The summed E-state index contributed by atoms with van der Waals surface area (Å²) in [5.74, 6) is 0.879. The number of aryl methyl sites for hydroxylation is 1. The number of benzene rings is 1. The van der Waals surface area contributed by atoms with Gasteiger partial charge >= 0.3 is 0 Å². The van der Waals surface area contributed by atoms with E-state index >= 15 is 0 Å². The molecule has 0 bridgehead atoms. The number of nitrogens with zero attached hydrogens (tertiary/aromatic N) is 3. The maximum absolute atomic E-state index is 5.55. The molecule has 3 rings (SSSR count). The topological polar surface area (TPSA) is 52.0 Å². The molecule has 1 fully saturated rings. The molecule has 1 saturated heterocycles. The quantitative estimate of drug-likeness (QED) is 0.915. The third-order valence-electron chi connectivity index (χ3n) is 3.58. The molecule has 0 radical (unpaired) electrons. The summed E-state index contributed by atoms with van der Waals surface area (Å²) in [7, 11) is 1.94. The molecule has 1 aliphatic heterocycles. The Bertz CT molecular complexity index is 549. The number of rotatable bonds is 3. The zero-order valence-electron chi connectivity index (χ0n) is 11.2. The van der Waals surface area contributed by atoms with Crippen molar-refractivity contribution in [2.75, 3.05) is 11.9 Å². The zero-order chi connectivity index (χ0) is 13.2. The van der Waals surface area contributed by atoms with E-state index < -0.39 is 0 Å². The zero-order valence-corrected chi connectivity index (χ0v) is 11.2. The van der Waals surface area contributed by atoms with Gasteiger partial charge in [-0.05, 0) is 37.6 Å². The predicted octanol–water partition coefficient (Wildman–Crippen LogP) is 2.07. The summed E-state index contributed by atoms with van der Waals surface area (Å²) in [5.41, 5.74) is 2.19. The molecule has 5 nitrogen and oxygen atoms in total. The number of hydrogen-bond acceptors (Lipinski definition) is 4. The molecule has 1 aromatic heterocycles. The van der Waals surface area contributed by atoms with E-state index in [2.05, 4.69) is 46.7 Å². The lowest BCUT2D eigenvalue weighted by molar-refractivity contribution is 0.121. The van der Waals surface area contributed by atoms with E-state index in [1.54, 1.807) is 6.33 Å². The third kappa shape index (κ3) is 2.46. The first-order valence-electron chi connectivity index (χ1n) is 6.56. The SMILES string of the molecule is CC1OCCC1Nc1ccc(-c2nncn2C)cc1. The molecule has 1 aliphatic rings. The van der Waals surface area contributed by atoms with Gasteiger partial charge in [0.15, 0.2) is 5.82 Å². The van der Waals surface area contributed by atoms with E-state index in [0.29, 0.717) is 6.04 Å². The summed E-state index contributed by atoms with van der Waals surface area (Å²) in [6.07, 6.45) is 3.05. The van der Waals surface area contributed by atoms with Gasteiger partial charge in [-0.1, -0.05) is 0 Å². The smallest absolute Gasteiger partial charge is 0.163 e. The summed E-state index contributed by atoms with van der Waals surface area (Å²) in [4.78, 5) is 0. The van der Waals surface area contributed by atoms with Crippen LogP contribution in [-0.4, -0.2) is 33.5 Å². The average molecular weight is 258 g/mol. The fourth-order valence-corrected chi connectivity index (χ4v) is 2.40. The highest BCUT2D eigenvalue weighted by atomic mass is 16.5. The van der Waals surface area contributed by atoms with Crippen LogP contribution in [0.2, 0.25) is 0 Å². The Labute approximate surface area is 112 Å². The van der Waals surface area contributed by atoms with Crippen molar-refractivity contribution >= 4 is 5.69 Å². The summed E-state index contributed by atoms with van der Waals surface area (Å²) in [5, 5.41) is 11.5. The Balaban J connectivity index is 1.74. The number of nitrogens with one attached hydrogen (secondary N) is 1. The van der Waals surface area contributed by atoms with Crippen molar-refractivity contribution in [3.05, 3.63) is 30.6 Å². The fraction of sp³-hybridized carbons (Fsp3) is 0.429. The number of ether oxygens (including phenoxy) is 1. The van der Waals surface area contributed by atoms with Gasteiger partial charge in [0.05, 0.1) is 12.1 Å². The number of aromatic nitrogens is 3. The lowest BCUT2D eigenvalue weighted by Crippen LogP contribution is -2.26. The summed E-state index contributed by atoms with van der Waals surface area (Å²) >= 11 is 0. The fourth-order valence-electron chi connectivity index (χ4n) is 2.40. The van der Waals surface area contributed by atoms with E-state index in [4.69, 9.17) is 4.74 Å². The van der Waals surface area contributed by atoms with Crippen molar-refractivity contribution in [3.63, 3.8) is 0 Å². The minimum absolute atomic E-state index is 0.276. The van der Waals surface area contributed by atoms with Crippen LogP contribution < -0.4 is 5.32 Å². The van der Waals surface area contributed by atoms with E-state index in [9.17, 15) is 0 Å². The van der Waals surface area contributed by atoms with Crippen LogP contribution in [0.1, 0.15) is 13.3 Å². The molecule has 0 amide bonds. The van der Waals surface area contributed by atoms with Gasteiger partial charge in [-0.3, -0.25) is 0 Å². The number of anilines is 1. The highest BCUT2D eigenvalue weighted by molar-refractivity contribution is 5.60. The molecular formula is C14H18N4O. The summed E-state index contributed by atoms with van der Waals surface area (Å²) in [6.45, 7) is 2.95. The molecule has 2 heterocycles. The minimum atomic E-state index is 0.276. The van der Waals surface area contributed by atoms with E-state index in [1.165, 1.54) is 0 Å². The molecule has 2 aromatic rings. The van der Waals surface area contributed by atoms with E-state index in [1.807, 2.05) is 11.6 Å². The van der Waals surface area contributed by atoms with Gasteiger partial charge in [-0.15, -0.1) is 10.2 Å². The molecule has 2 atom stereocenters. The maximum atomic E-state index is 5.55. The van der Waals surface area contributed by atoms with Crippen LogP contribution in [0.5, 0.6) is 0 Å². The van der Waals surface area contributed by atoms with E-state index in [0.717, 1.165) is 30.1 Å². The maximum Gasteiger partial charge on any atom is 0.163 e. The van der Waals surface area contributed by atoms with Gasteiger partial charge < -0.3 is 14.6 Å². The van der Waals surface area contributed by atoms with Crippen molar-refractivity contribution in [2.45, 2.75) is 25.5 Å². The molecule has 1 N–H and O–H groups in total. The summed E-state index contributed by atoms with van der Waals surface area (Å²) in [6, 6.07) is 8.68. The van der Waals surface area contributed by atoms with Crippen LogP contribution in [0.3, 0.4) is 0 Å². The van der Waals surface area contributed by atoms with Crippen LogP contribution in [0.15, 0.2) is 30.6 Å². The van der Waals surface area contributed by atoms with Crippen molar-refractivity contribution in [3.8, 4) is 11.4 Å². The first kappa shape index (κ1) is 12.2. The van der Waals surface area contributed by atoms with Crippen LogP contribution in [0.25, 0.3) is 11.4 Å². The highest BCUT2D eigenvalue weighted by Crippen LogP contribution is 2.22. The second kappa shape index (κ2) is 5.01. The molecule has 0 aliphatic carbocycles. The van der Waals surface area contributed by atoms with Gasteiger partial charge in [0.25, 0.3) is 0 Å². The van der Waals surface area contributed by atoms with Crippen molar-refractivity contribution in [1.82, 2.24) is 14.8 Å². The van der Waals surface area contributed by atoms with Crippen molar-refractivity contribution < 1.29 is 4.74 Å². The van der Waals surface area contributed by atoms with Crippen LogP contribution >= 0.6 is 0 Å². The van der Waals surface area contributed by atoms with Gasteiger partial charge in [-0.2, -0.15) is 0 Å². The van der Waals surface area contributed by atoms with Crippen LogP contribution in [0.4, 0.5) is 5.69 Å². The van der Waals surface area contributed by atoms with Crippen molar-refractivity contribution in [2.24, 2.45) is 7.05 Å². The molecule has 19 heavy (non-hydrogen) atoms. The second-order valence-electron chi connectivity index (χ2n) is 4.96. The lowest BCUT2D eigenvalue weighted by Gasteiger charge is -2.17. The average Bonchev–Trinajstić information content (AvgIpc) is 3.00. The van der Waals surface area contributed by atoms with Gasteiger partial charge in [-0.25, -0.2) is 0 Å². The summed E-state index contributed by atoms with van der Waals surface area (Å²) < 4.78 is 7.46. The normalized spacial score (nSPS) is 22.6. The molecule has 0 saturated carbocycles. The van der Waals surface area contributed by atoms with Gasteiger partial charge in [0.1, 0.15) is 6.33 Å². The molecule has 1 aromatic carbocycles. The molecular weight excluding hydrogens is 240 g/mol. The Morgan fingerprint density at radius 1 is 1.32 bits per heavy atom. The third-order valence-corrected chi connectivity index (χ3v) is 3.58. The molecule has 100 valence electrons. The Morgan fingerprint density at radius 3 is 2.68 bits per heavy atom.